The highest BCUT2D eigenvalue weighted by Crippen LogP contribution is 2.19. The van der Waals surface area contributed by atoms with Crippen LogP contribution in [-0.4, -0.2) is 12.9 Å². The lowest BCUT2D eigenvalue weighted by Crippen LogP contribution is -2.05. The highest BCUT2D eigenvalue weighted by molar-refractivity contribution is 5.75. The summed E-state index contributed by atoms with van der Waals surface area (Å²) in [6, 6.07) is 2.02. The van der Waals surface area contributed by atoms with E-state index in [9.17, 15) is 13.6 Å². The molecule has 0 fully saturated rings. The molecule has 0 bridgehead atoms. The first-order chi connectivity index (χ1) is 7.04. The van der Waals surface area contributed by atoms with Gasteiger partial charge < -0.3 is 4.74 Å². The van der Waals surface area contributed by atoms with Gasteiger partial charge in [-0.25, -0.2) is 8.78 Å². The van der Waals surface area contributed by atoms with Gasteiger partial charge in [-0.3, -0.25) is 4.79 Å². The zero-order chi connectivity index (χ0) is 11.4. The van der Waals surface area contributed by atoms with Gasteiger partial charge in [0.05, 0.1) is 12.2 Å². The van der Waals surface area contributed by atoms with Crippen LogP contribution < -0.4 is 4.74 Å². The van der Waals surface area contributed by atoms with Crippen LogP contribution in [0.3, 0.4) is 0 Å². The fourth-order valence-corrected chi connectivity index (χ4v) is 1.02. The second-order valence-electron chi connectivity index (χ2n) is 3.62. The Hall–Kier alpha value is -1.45. The van der Waals surface area contributed by atoms with E-state index in [1.165, 1.54) is 0 Å². The molecule has 0 saturated heterocycles. The number of carbonyl (C=O) groups excluding carboxylic acids is 1. The molecule has 0 spiro atoms. The maximum absolute atomic E-state index is 13.1. The molecule has 0 heterocycles. The van der Waals surface area contributed by atoms with Crippen LogP contribution in [0.1, 0.15) is 24.2 Å². The molecule has 0 aliphatic heterocycles. The van der Waals surface area contributed by atoms with E-state index in [1.807, 2.05) is 13.8 Å². The standard InChI is InChI=1S/C11H12F2O2/c1-7(2)6-15-8-3-10(12)9(5-14)11(13)4-8/h3-5,7H,6H2,1-2H3. The van der Waals surface area contributed by atoms with Crippen LogP contribution in [0.25, 0.3) is 0 Å². The SMILES string of the molecule is CC(C)COc1cc(F)c(C=O)c(F)c1. The summed E-state index contributed by atoms with van der Waals surface area (Å²) < 4.78 is 31.3. The van der Waals surface area contributed by atoms with Gasteiger partial charge in [-0.15, -0.1) is 0 Å². The second kappa shape index (κ2) is 4.87. The van der Waals surface area contributed by atoms with E-state index in [4.69, 9.17) is 4.74 Å². The lowest BCUT2D eigenvalue weighted by Gasteiger charge is -2.09. The molecule has 1 aromatic rings. The molecule has 0 amide bonds. The first-order valence-electron chi connectivity index (χ1n) is 4.61. The predicted molar refractivity (Wildman–Crippen MR) is 52.1 cm³/mol. The third kappa shape index (κ3) is 3.01. The molecule has 0 N–H and O–H groups in total. The maximum Gasteiger partial charge on any atom is 0.155 e. The average molecular weight is 214 g/mol. The highest BCUT2D eigenvalue weighted by atomic mass is 19.1. The summed E-state index contributed by atoms with van der Waals surface area (Å²) in [5.41, 5.74) is -0.563. The van der Waals surface area contributed by atoms with Crippen LogP contribution in [0.2, 0.25) is 0 Å². The van der Waals surface area contributed by atoms with Crippen molar-refractivity contribution in [2.24, 2.45) is 5.92 Å². The minimum Gasteiger partial charge on any atom is -0.493 e. The molecule has 0 radical (unpaired) electrons. The molecule has 0 atom stereocenters. The highest BCUT2D eigenvalue weighted by Gasteiger charge is 2.11. The van der Waals surface area contributed by atoms with Gasteiger partial charge in [0, 0.05) is 12.1 Å². The number of hydrogen-bond acceptors (Lipinski definition) is 2. The molecule has 0 aliphatic carbocycles. The van der Waals surface area contributed by atoms with Crippen LogP contribution in [0, 0.1) is 17.6 Å². The summed E-state index contributed by atoms with van der Waals surface area (Å²) in [5.74, 6) is -1.43. The fraction of sp³-hybridized carbons (Fsp3) is 0.364. The van der Waals surface area contributed by atoms with Crippen molar-refractivity contribution in [2.75, 3.05) is 6.61 Å². The largest absolute Gasteiger partial charge is 0.493 e. The van der Waals surface area contributed by atoms with Crippen molar-refractivity contribution >= 4 is 6.29 Å². The van der Waals surface area contributed by atoms with Crippen molar-refractivity contribution in [3.05, 3.63) is 29.3 Å². The van der Waals surface area contributed by atoms with Crippen LogP contribution in [-0.2, 0) is 0 Å². The lowest BCUT2D eigenvalue weighted by atomic mass is 10.2. The second-order valence-corrected chi connectivity index (χ2v) is 3.62. The molecule has 0 aromatic heterocycles. The van der Waals surface area contributed by atoms with Gasteiger partial charge in [0.2, 0.25) is 0 Å². The summed E-state index contributed by atoms with van der Waals surface area (Å²) in [4.78, 5) is 10.3. The van der Waals surface area contributed by atoms with Crippen molar-refractivity contribution in [3.63, 3.8) is 0 Å². The third-order valence-corrected chi connectivity index (χ3v) is 1.75. The predicted octanol–water partition coefficient (Wildman–Crippen LogP) is 2.81. The van der Waals surface area contributed by atoms with Crippen LogP contribution >= 0.6 is 0 Å². The summed E-state index contributed by atoms with van der Waals surface area (Å²) in [6.45, 7) is 4.22. The van der Waals surface area contributed by atoms with Gasteiger partial charge in [0.15, 0.2) is 6.29 Å². The summed E-state index contributed by atoms with van der Waals surface area (Å²) in [7, 11) is 0. The Bertz CT molecular complexity index is 339. The molecule has 2 nitrogen and oxygen atoms in total. The molecular formula is C11H12F2O2. The molecular weight excluding hydrogens is 202 g/mol. The van der Waals surface area contributed by atoms with Gasteiger partial charge in [-0.1, -0.05) is 13.8 Å². The number of aldehydes is 1. The number of carbonyl (C=O) groups is 1. The van der Waals surface area contributed by atoms with E-state index in [0.717, 1.165) is 12.1 Å². The van der Waals surface area contributed by atoms with E-state index in [2.05, 4.69) is 0 Å². The van der Waals surface area contributed by atoms with Gasteiger partial charge in [0.1, 0.15) is 17.4 Å². The molecule has 1 rings (SSSR count). The average Bonchev–Trinajstić information content (AvgIpc) is 2.14. The maximum atomic E-state index is 13.1. The summed E-state index contributed by atoms with van der Waals surface area (Å²) >= 11 is 0. The smallest absolute Gasteiger partial charge is 0.155 e. The first-order valence-corrected chi connectivity index (χ1v) is 4.61. The Kier molecular flexibility index (Phi) is 3.77. The molecule has 0 aliphatic rings. The Labute approximate surface area is 86.9 Å². The molecule has 82 valence electrons. The number of benzene rings is 1. The van der Waals surface area contributed by atoms with Gasteiger partial charge in [-0.05, 0) is 5.92 Å². The van der Waals surface area contributed by atoms with Gasteiger partial charge in [-0.2, -0.15) is 0 Å². The number of rotatable bonds is 4. The van der Waals surface area contributed by atoms with Crippen molar-refractivity contribution in [3.8, 4) is 5.75 Å². The minimum atomic E-state index is -0.899. The minimum absolute atomic E-state index is 0.101. The lowest BCUT2D eigenvalue weighted by molar-refractivity contribution is 0.111. The summed E-state index contributed by atoms with van der Waals surface area (Å²) in [6.07, 6.45) is 0.150. The fourth-order valence-electron chi connectivity index (χ4n) is 1.02. The zero-order valence-corrected chi connectivity index (χ0v) is 8.59. The summed E-state index contributed by atoms with van der Waals surface area (Å²) in [5, 5.41) is 0. The van der Waals surface area contributed by atoms with E-state index in [-0.39, 0.29) is 18.0 Å². The van der Waals surface area contributed by atoms with Crippen LogP contribution in [0.5, 0.6) is 5.75 Å². The number of ether oxygens (including phenoxy) is 1. The molecule has 1 aromatic carbocycles. The van der Waals surface area contributed by atoms with Crippen molar-refractivity contribution in [1.29, 1.82) is 0 Å². The quantitative estimate of drug-likeness (QED) is 0.720. The molecule has 0 saturated carbocycles. The monoisotopic (exact) mass is 214 g/mol. The Morgan fingerprint density at radius 1 is 1.33 bits per heavy atom. The van der Waals surface area contributed by atoms with E-state index in [1.54, 1.807) is 0 Å². The third-order valence-electron chi connectivity index (χ3n) is 1.75. The molecule has 0 unspecified atom stereocenters. The normalized spacial score (nSPS) is 10.5. The molecule has 15 heavy (non-hydrogen) atoms. The Morgan fingerprint density at radius 3 is 2.27 bits per heavy atom. The zero-order valence-electron chi connectivity index (χ0n) is 8.59. The van der Waals surface area contributed by atoms with Gasteiger partial charge in [0.25, 0.3) is 0 Å². The van der Waals surface area contributed by atoms with Gasteiger partial charge >= 0.3 is 0 Å². The van der Waals surface area contributed by atoms with Crippen molar-refractivity contribution < 1.29 is 18.3 Å². The Balaban J connectivity index is 2.88. The Morgan fingerprint density at radius 2 is 1.87 bits per heavy atom. The topological polar surface area (TPSA) is 26.3 Å². The van der Waals surface area contributed by atoms with Crippen molar-refractivity contribution in [1.82, 2.24) is 0 Å². The van der Waals surface area contributed by atoms with E-state index >= 15 is 0 Å². The number of halogens is 2. The molecule has 4 heteroatoms. The van der Waals surface area contributed by atoms with Crippen molar-refractivity contribution in [2.45, 2.75) is 13.8 Å². The van der Waals surface area contributed by atoms with E-state index < -0.39 is 17.2 Å². The first kappa shape index (κ1) is 11.6. The van der Waals surface area contributed by atoms with Crippen LogP contribution in [0.4, 0.5) is 8.78 Å². The number of hydrogen-bond donors (Lipinski definition) is 0. The van der Waals surface area contributed by atoms with Crippen LogP contribution in [0.15, 0.2) is 12.1 Å². The van der Waals surface area contributed by atoms with E-state index in [0.29, 0.717) is 6.61 Å².